The molecule has 0 aliphatic carbocycles. The maximum absolute atomic E-state index is 5.77. The summed E-state index contributed by atoms with van der Waals surface area (Å²) in [6.45, 7) is 9.36. The number of fused-ring (bicyclic) bond motifs is 1. The highest BCUT2D eigenvalue weighted by molar-refractivity contribution is 4.96. The van der Waals surface area contributed by atoms with Crippen LogP contribution < -0.4 is 0 Å². The molecule has 0 aromatic rings. The fraction of sp³-hybridized carbons (Fsp3) is 1.00. The van der Waals surface area contributed by atoms with Crippen molar-refractivity contribution in [1.29, 1.82) is 0 Å². The van der Waals surface area contributed by atoms with Crippen molar-refractivity contribution >= 4 is 0 Å². The van der Waals surface area contributed by atoms with E-state index < -0.39 is 0 Å². The van der Waals surface area contributed by atoms with Gasteiger partial charge in [-0.2, -0.15) is 0 Å². The molecular weight excluding hydrogens is 208 g/mol. The first-order chi connectivity index (χ1) is 7.58. The van der Waals surface area contributed by atoms with Crippen molar-refractivity contribution in [2.75, 3.05) is 13.2 Å². The highest BCUT2D eigenvalue weighted by atomic mass is 16.6. The molecule has 0 aromatic heterocycles. The lowest BCUT2D eigenvalue weighted by molar-refractivity contribution is -0.0753. The summed E-state index contributed by atoms with van der Waals surface area (Å²) in [5, 5.41) is 0. The largest absolute Gasteiger partial charge is 0.370 e. The Kier molecular flexibility index (Phi) is 3.85. The minimum atomic E-state index is 0.0474. The SMILES string of the molecule is CC(C)O[C@H]1COC2C1OC[C@@H]2OC(C)C. The summed E-state index contributed by atoms with van der Waals surface area (Å²) in [4.78, 5) is 0. The second-order valence-electron chi connectivity index (χ2n) is 5.04. The normalized spacial score (nSPS) is 38.6. The van der Waals surface area contributed by atoms with Crippen LogP contribution in [0.1, 0.15) is 27.7 Å². The third-order valence-electron chi connectivity index (χ3n) is 2.86. The van der Waals surface area contributed by atoms with Crippen LogP contribution >= 0.6 is 0 Å². The van der Waals surface area contributed by atoms with Gasteiger partial charge in [-0.25, -0.2) is 0 Å². The first-order valence-electron chi connectivity index (χ1n) is 6.12. The van der Waals surface area contributed by atoms with Gasteiger partial charge in [0.25, 0.3) is 0 Å². The van der Waals surface area contributed by atoms with E-state index in [9.17, 15) is 0 Å². The molecule has 2 unspecified atom stereocenters. The molecule has 94 valence electrons. The van der Waals surface area contributed by atoms with Crippen molar-refractivity contribution < 1.29 is 18.9 Å². The molecule has 0 N–H and O–H groups in total. The lowest BCUT2D eigenvalue weighted by atomic mass is 10.1. The smallest absolute Gasteiger partial charge is 0.115 e. The molecule has 2 saturated heterocycles. The maximum atomic E-state index is 5.77. The monoisotopic (exact) mass is 230 g/mol. The van der Waals surface area contributed by atoms with Crippen LogP contribution in [0.15, 0.2) is 0 Å². The van der Waals surface area contributed by atoms with Crippen LogP contribution in [0.5, 0.6) is 0 Å². The Morgan fingerprint density at radius 2 is 1.19 bits per heavy atom. The predicted octanol–water partition coefficient (Wildman–Crippen LogP) is 1.37. The van der Waals surface area contributed by atoms with Crippen molar-refractivity contribution in [3.8, 4) is 0 Å². The third-order valence-corrected chi connectivity index (χ3v) is 2.86. The van der Waals surface area contributed by atoms with Crippen molar-refractivity contribution in [2.45, 2.75) is 64.3 Å². The van der Waals surface area contributed by atoms with Gasteiger partial charge < -0.3 is 18.9 Å². The average Bonchev–Trinajstić information content (AvgIpc) is 2.70. The zero-order valence-corrected chi connectivity index (χ0v) is 10.5. The van der Waals surface area contributed by atoms with Crippen molar-refractivity contribution in [2.24, 2.45) is 0 Å². The van der Waals surface area contributed by atoms with Crippen LogP contribution in [0.2, 0.25) is 0 Å². The van der Waals surface area contributed by atoms with Crippen molar-refractivity contribution in [3.05, 3.63) is 0 Å². The summed E-state index contributed by atoms with van der Waals surface area (Å²) in [6.07, 6.45) is 0.635. The van der Waals surface area contributed by atoms with Crippen LogP contribution in [0, 0.1) is 0 Å². The van der Waals surface area contributed by atoms with E-state index >= 15 is 0 Å². The van der Waals surface area contributed by atoms with Gasteiger partial charge in [0.05, 0.1) is 25.4 Å². The number of rotatable bonds is 4. The molecule has 2 aliphatic heterocycles. The molecule has 2 fully saturated rings. The molecule has 0 bridgehead atoms. The van der Waals surface area contributed by atoms with Gasteiger partial charge in [0.15, 0.2) is 0 Å². The minimum Gasteiger partial charge on any atom is -0.370 e. The Labute approximate surface area is 97.2 Å². The van der Waals surface area contributed by atoms with Gasteiger partial charge in [0.2, 0.25) is 0 Å². The predicted molar refractivity (Wildman–Crippen MR) is 59.5 cm³/mol. The molecule has 2 aliphatic rings. The highest BCUT2D eigenvalue weighted by Gasteiger charge is 2.49. The second kappa shape index (κ2) is 5.00. The van der Waals surface area contributed by atoms with E-state index in [1.807, 2.05) is 27.7 Å². The minimum absolute atomic E-state index is 0.0474. The van der Waals surface area contributed by atoms with Crippen LogP contribution in [-0.4, -0.2) is 49.8 Å². The molecule has 0 spiro atoms. The Balaban J connectivity index is 1.90. The van der Waals surface area contributed by atoms with Gasteiger partial charge in [0, 0.05) is 0 Å². The molecule has 4 heteroatoms. The third kappa shape index (κ3) is 2.56. The standard InChI is InChI=1S/C12H22O4/c1-7(2)15-9-5-13-12-10(16-8(3)4)6-14-11(9)12/h7-12H,5-6H2,1-4H3/t9-,10-,11?,12?/m0/s1. The molecule has 0 aromatic carbocycles. The van der Waals surface area contributed by atoms with Gasteiger partial charge in [0.1, 0.15) is 24.4 Å². The first-order valence-corrected chi connectivity index (χ1v) is 6.12. The molecule has 4 atom stereocenters. The Morgan fingerprint density at radius 3 is 1.50 bits per heavy atom. The molecule has 2 heterocycles. The van der Waals surface area contributed by atoms with E-state index in [2.05, 4.69) is 0 Å². The molecule has 2 rings (SSSR count). The summed E-state index contributed by atoms with van der Waals surface area (Å²) in [6, 6.07) is 0. The Bertz CT molecular complexity index is 205. The van der Waals surface area contributed by atoms with E-state index in [4.69, 9.17) is 18.9 Å². The molecule has 0 radical (unpaired) electrons. The maximum Gasteiger partial charge on any atom is 0.115 e. The molecule has 4 nitrogen and oxygen atoms in total. The summed E-state index contributed by atoms with van der Waals surface area (Å²) in [5.41, 5.74) is 0. The van der Waals surface area contributed by atoms with Gasteiger partial charge in [-0.05, 0) is 27.7 Å². The molecule has 0 saturated carbocycles. The number of ether oxygens (including phenoxy) is 4. The topological polar surface area (TPSA) is 36.9 Å². The molecule has 0 amide bonds. The lowest BCUT2D eigenvalue weighted by Gasteiger charge is -2.19. The van der Waals surface area contributed by atoms with Crippen LogP contribution in [0.4, 0.5) is 0 Å². The van der Waals surface area contributed by atoms with Gasteiger partial charge >= 0.3 is 0 Å². The summed E-state index contributed by atoms with van der Waals surface area (Å²) in [5.74, 6) is 0. The second-order valence-corrected chi connectivity index (χ2v) is 5.04. The van der Waals surface area contributed by atoms with E-state index in [-0.39, 0.29) is 36.6 Å². The van der Waals surface area contributed by atoms with Crippen LogP contribution in [-0.2, 0) is 18.9 Å². The first kappa shape index (κ1) is 12.3. The molecular formula is C12H22O4. The van der Waals surface area contributed by atoms with E-state index in [1.54, 1.807) is 0 Å². The van der Waals surface area contributed by atoms with E-state index in [0.29, 0.717) is 13.2 Å². The fourth-order valence-corrected chi connectivity index (χ4v) is 2.36. The number of hydrogen-bond acceptors (Lipinski definition) is 4. The van der Waals surface area contributed by atoms with Gasteiger partial charge in [-0.15, -0.1) is 0 Å². The van der Waals surface area contributed by atoms with E-state index in [0.717, 1.165) is 0 Å². The fourth-order valence-electron chi connectivity index (χ4n) is 2.36. The number of hydrogen-bond donors (Lipinski definition) is 0. The summed E-state index contributed by atoms with van der Waals surface area (Å²) < 4.78 is 23.0. The van der Waals surface area contributed by atoms with E-state index in [1.165, 1.54) is 0 Å². The Hall–Kier alpha value is -0.160. The Morgan fingerprint density at radius 1 is 0.812 bits per heavy atom. The lowest BCUT2D eigenvalue weighted by Crippen LogP contribution is -2.35. The van der Waals surface area contributed by atoms with Crippen molar-refractivity contribution in [3.63, 3.8) is 0 Å². The van der Waals surface area contributed by atoms with Gasteiger partial charge in [-0.3, -0.25) is 0 Å². The van der Waals surface area contributed by atoms with Gasteiger partial charge in [-0.1, -0.05) is 0 Å². The summed E-state index contributed by atoms with van der Waals surface area (Å²) in [7, 11) is 0. The molecule has 16 heavy (non-hydrogen) atoms. The van der Waals surface area contributed by atoms with Crippen LogP contribution in [0.25, 0.3) is 0 Å². The van der Waals surface area contributed by atoms with Crippen molar-refractivity contribution in [1.82, 2.24) is 0 Å². The highest BCUT2D eigenvalue weighted by Crippen LogP contribution is 2.31. The van der Waals surface area contributed by atoms with Crippen LogP contribution in [0.3, 0.4) is 0 Å². The zero-order chi connectivity index (χ0) is 11.7. The summed E-state index contributed by atoms with van der Waals surface area (Å²) >= 11 is 0. The zero-order valence-electron chi connectivity index (χ0n) is 10.5. The quantitative estimate of drug-likeness (QED) is 0.731. The average molecular weight is 230 g/mol.